The van der Waals surface area contributed by atoms with E-state index >= 15 is 0 Å². The molecule has 0 aliphatic carbocycles. The maximum absolute atomic E-state index is 12.3. The van der Waals surface area contributed by atoms with E-state index in [2.05, 4.69) is 15.6 Å². The van der Waals surface area contributed by atoms with Gasteiger partial charge in [-0.15, -0.1) is 0 Å². The quantitative estimate of drug-likeness (QED) is 0.658. The zero-order chi connectivity index (χ0) is 20.1. The van der Waals surface area contributed by atoms with E-state index in [0.717, 1.165) is 16.5 Å². The Kier molecular flexibility index (Phi) is 5.69. The van der Waals surface area contributed by atoms with E-state index < -0.39 is 24.5 Å². The van der Waals surface area contributed by atoms with Crippen molar-refractivity contribution in [1.82, 2.24) is 15.6 Å². The third kappa shape index (κ3) is 4.73. The molecule has 0 aliphatic rings. The molecule has 0 aliphatic heterocycles. The third-order valence-corrected chi connectivity index (χ3v) is 3.97. The summed E-state index contributed by atoms with van der Waals surface area (Å²) in [7, 11) is 0. The summed E-state index contributed by atoms with van der Waals surface area (Å²) < 4.78 is 10.1. The molecule has 144 valence electrons. The van der Waals surface area contributed by atoms with E-state index in [0.29, 0.717) is 11.5 Å². The minimum Gasteiger partial charge on any atom is -0.467 e. The van der Waals surface area contributed by atoms with E-state index in [1.54, 1.807) is 25.1 Å². The average molecular weight is 381 g/mol. The number of aromatic nitrogens is 1. The molecule has 1 aromatic carbocycles. The highest BCUT2D eigenvalue weighted by Gasteiger charge is 2.16. The fourth-order valence-electron chi connectivity index (χ4n) is 2.60. The van der Waals surface area contributed by atoms with Crippen LogP contribution in [0.4, 0.5) is 4.79 Å². The van der Waals surface area contributed by atoms with Gasteiger partial charge in [0, 0.05) is 5.39 Å². The van der Waals surface area contributed by atoms with Crippen LogP contribution in [0.25, 0.3) is 10.9 Å². The van der Waals surface area contributed by atoms with Crippen molar-refractivity contribution in [3.8, 4) is 0 Å². The van der Waals surface area contributed by atoms with Gasteiger partial charge in [0.25, 0.3) is 5.91 Å². The number of hydrogen-bond acceptors (Lipinski definition) is 6. The van der Waals surface area contributed by atoms with Gasteiger partial charge in [-0.05, 0) is 44.2 Å². The van der Waals surface area contributed by atoms with E-state index in [-0.39, 0.29) is 12.1 Å². The van der Waals surface area contributed by atoms with Crippen molar-refractivity contribution in [3.05, 3.63) is 65.2 Å². The zero-order valence-corrected chi connectivity index (χ0v) is 15.4. The lowest BCUT2D eigenvalue weighted by Gasteiger charge is -2.09. The van der Waals surface area contributed by atoms with Crippen LogP contribution < -0.4 is 10.6 Å². The van der Waals surface area contributed by atoms with Crippen molar-refractivity contribution in [2.75, 3.05) is 6.61 Å². The number of hydrogen-bond donors (Lipinski definition) is 2. The number of rotatable bonds is 5. The number of esters is 1. The van der Waals surface area contributed by atoms with E-state index in [1.807, 2.05) is 25.1 Å². The Labute approximate surface area is 160 Å². The molecule has 28 heavy (non-hydrogen) atoms. The molecule has 2 aromatic heterocycles. The molecule has 0 unspecified atom stereocenters. The standard InChI is InChI=1S/C20H19N3O5/c1-12-5-6-17-14(8-12)9-16(13(2)22-17)19(25)28-11-18(24)23-20(26)21-10-15-4-3-7-27-15/h3-9H,10-11H2,1-2H3,(H2,21,23,24,26). The number of urea groups is 1. The van der Waals surface area contributed by atoms with Gasteiger partial charge in [0.05, 0.1) is 29.6 Å². The fourth-order valence-corrected chi connectivity index (χ4v) is 2.60. The normalized spacial score (nSPS) is 10.5. The number of ether oxygens (including phenoxy) is 1. The Morgan fingerprint density at radius 2 is 1.96 bits per heavy atom. The molecule has 8 nitrogen and oxygen atoms in total. The second kappa shape index (κ2) is 8.34. The Bertz CT molecular complexity index is 1030. The van der Waals surface area contributed by atoms with Crippen molar-refractivity contribution < 1.29 is 23.5 Å². The van der Waals surface area contributed by atoms with Crippen LogP contribution in [0.15, 0.2) is 47.1 Å². The van der Waals surface area contributed by atoms with E-state index in [9.17, 15) is 14.4 Å². The maximum Gasteiger partial charge on any atom is 0.340 e. The van der Waals surface area contributed by atoms with Gasteiger partial charge in [-0.2, -0.15) is 0 Å². The summed E-state index contributed by atoms with van der Waals surface area (Å²) in [5, 5.41) is 5.34. The monoisotopic (exact) mass is 381 g/mol. The highest BCUT2D eigenvalue weighted by atomic mass is 16.5. The van der Waals surface area contributed by atoms with Crippen LogP contribution in [0.2, 0.25) is 0 Å². The van der Waals surface area contributed by atoms with E-state index in [1.165, 1.54) is 6.26 Å². The fraction of sp³-hybridized carbons (Fsp3) is 0.200. The summed E-state index contributed by atoms with van der Waals surface area (Å²) >= 11 is 0. The Hall–Kier alpha value is -3.68. The molecule has 0 atom stereocenters. The summed E-state index contributed by atoms with van der Waals surface area (Å²) in [6.45, 7) is 3.18. The lowest BCUT2D eigenvalue weighted by atomic mass is 10.1. The molecule has 0 fully saturated rings. The number of furan rings is 1. The van der Waals surface area contributed by atoms with Crippen LogP contribution in [0.1, 0.15) is 27.4 Å². The van der Waals surface area contributed by atoms with Crippen molar-refractivity contribution in [1.29, 1.82) is 0 Å². The number of benzene rings is 1. The molecule has 3 amide bonds. The minimum atomic E-state index is -0.743. The number of nitrogens with zero attached hydrogens (tertiary/aromatic N) is 1. The first-order chi connectivity index (χ1) is 13.4. The molecule has 0 saturated heterocycles. The summed E-state index contributed by atoms with van der Waals surface area (Å²) in [5.74, 6) is -0.879. The Balaban J connectivity index is 1.54. The van der Waals surface area contributed by atoms with Gasteiger partial charge in [-0.3, -0.25) is 15.1 Å². The molecule has 0 radical (unpaired) electrons. The Morgan fingerprint density at radius 3 is 2.71 bits per heavy atom. The molecular formula is C20H19N3O5. The molecule has 3 aromatic rings. The van der Waals surface area contributed by atoms with Crippen molar-refractivity contribution >= 4 is 28.8 Å². The Morgan fingerprint density at radius 1 is 1.14 bits per heavy atom. The topological polar surface area (TPSA) is 111 Å². The molecule has 3 rings (SSSR count). The van der Waals surface area contributed by atoms with Gasteiger partial charge >= 0.3 is 12.0 Å². The SMILES string of the molecule is Cc1ccc2nc(C)c(C(=O)OCC(=O)NC(=O)NCc3ccco3)cc2c1. The molecule has 0 bridgehead atoms. The number of imide groups is 1. The number of carbonyl (C=O) groups is 3. The van der Waals surface area contributed by atoms with Gasteiger partial charge in [-0.25, -0.2) is 9.59 Å². The molecule has 8 heteroatoms. The van der Waals surface area contributed by atoms with Gasteiger partial charge in [-0.1, -0.05) is 11.6 Å². The first kappa shape index (κ1) is 19.1. The van der Waals surface area contributed by atoms with Gasteiger partial charge < -0.3 is 14.5 Å². The first-order valence-electron chi connectivity index (χ1n) is 8.57. The smallest absolute Gasteiger partial charge is 0.340 e. The molecule has 2 heterocycles. The predicted octanol–water partition coefficient (Wildman–Crippen LogP) is 2.63. The number of pyridine rings is 1. The van der Waals surface area contributed by atoms with Crippen molar-refractivity contribution in [2.45, 2.75) is 20.4 Å². The highest BCUT2D eigenvalue weighted by molar-refractivity contribution is 5.98. The summed E-state index contributed by atoms with van der Waals surface area (Å²) in [6.07, 6.45) is 1.48. The number of carbonyl (C=O) groups excluding carboxylic acids is 3. The van der Waals surface area contributed by atoms with Crippen LogP contribution in [-0.2, 0) is 16.1 Å². The summed E-state index contributed by atoms with van der Waals surface area (Å²) in [4.78, 5) is 40.2. The second-order valence-corrected chi connectivity index (χ2v) is 6.20. The molecular weight excluding hydrogens is 362 g/mol. The lowest BCUT2D eigenvalue weighted by Crippen LogP contribution is -2.41. The molecule has 0 saturated carbocycles. The van der Waals surface area contributed by atoms with Gasteiger partial charge in [0.1, 0.15) is 5.76 Å². The summed E-state index contributed by atoms with van der Waals surface area (Å²) in [6, 6.07) is 10.1. The lowest BCUT2D eigenvalue weighted by molar-refractivity contribution is -0.123. The zero-order valence-electron chi connectivity index (χ0n) is 15.4. The number of nitrogens with one attached hydrogen (secondary N) is 2. The van der Waals surface area contributed by atoms with Crippen molar-refractivity contribution in [2.24, 2.45) is 0 Å². The predicted molar refractivity (Wildman–Crippen MR) is 101 cm³/mol. The van der Waals surface area contributed by atoms with Crippen molar-refractivity contribution in [3.63, 3.8) is 0 Å². The number of aryl methyl sites for hydroxylation is 2. The molecule has 0 spiro atoms. The largest absolute Gasteiger partial charge is 0.467 e. The van der Waals surface area contributed by atoms with Gasteiger partial charge in [0.15, 0.2) is 6.61 Å². The third-order valence-electron chi connectivity index (χ3n) is 3.97. The maximum atomic E-state index is 12.3. The molecule has 2 N–H and O–H groups in total. The first-order valence-corrected chi connectivity index (χ1v) is 8.57. The number of fused-ring (bicyclic) bond motifs is 1. The van der Waals surface area contributed by atoms with E-state index in [4.69, 9.17) is 9.15 Å². The minimum absolute atomic E-state index is 0.132. The van der Waals surface area contributed by atoms with Crippen LogP contribution in [0.3, 0.4) is 0 Å². The second-order valence-electron chi connectivity index (χ2n) is 6.20. The van der Waals surface area contributed by atoms with Crippen LogP contribution in [0, 0.1) is 13.8 Å². The number of amides is 3. The summed E-state index contributed by atoms with van der Waals surface area (Å²) in [5.41, 5.74) is 2.58. The highest BCUT2D eigenvalue weighted by Crippen LogP contribution is 2.18. The average Bonchev–Trinajstić information content (AvgIpc) is 3.18. The van der Waals surface area contributed by atoms with Crippen LogP contribution >= 0.6 is 0 Å². The van der Waals surface area contributed by atoms with Crippen LogP contribution in [-0.4, -0.2) is 29.5 Å². The van der Waals surface area contributed by atoms with Crippen LogP contribution in [0.5, 0.6) is 0 Å². The van der Waals surface area contributed by atoms with Gasteiger partial charge in [0.2, 0.25) is 0 Å².